The van der Waals surface area contributed by atoms with Gasteiger partial charge in [0.25, 0.3) is 0 Å². The number of aromatic nitrogens is 2. The zero-order chi connectivity index (χ0) is 10.9. The van der Waals surface area contributed by atoms with Crippen LogP contribution in [0.1, 0.15) is 26.3 Å². The third-order valence-electron chi connectivity index (χ3n) is 2.60. The molecule has 0 aliphatic carbocycles. The van der Waals surface area contributed by atoms with Gasteiger partial charge in [0.2, 0.25) is 0 Å². The standard InChI is InChI=1S/C12H16N2O/c1-4-15-12(2,3)10-5-7-14-8-6-13-11(14)9-10/h5-9H,4H2,1-3H3. The lowest BCUT2D eigenvalue weighted by Crippen LogP contribution is -2.21. The average Bonchev–Trinajstić information content (AvgIpc) is 2.63. The van der Waals surface area contributed by atoms with Crippen LogP contribution in [0.2, 0.25) is 0 Å². The van der Waals surface area contributed by atoms with Gasteiger partial charge >= 0.3 is 0 Å². The first-order chi connectivity index (χ1) is 7.13. The zero-order valence-electron chi connectivity index (χ0n) is 9.40. The fourth-order valence-corrected chi connectivity index (χ4v) is 1.73. The quantitative estimate of drug-likeness (QED) is 0.768. The smallest absolute Gasteiger partial charge is 0.137 e. The largest absolute Gasteiger partial charge is 0.371 e. The number of rotatable bonds is 3. The van der Waals surface area contributed by atoms with Crippen LogP contribution in [-0.2, 0) is 10.3 Å². The van der Waals surface area contributed by atoms with Crippen molar-refractivity contribution in [3.63, 3.8) is 0 Å². The lowest BCUT2D eigenvalue weighted by Gasteiger charge is -2.25. The fraction of sp³-hybridized carbons (Fsp3) is 0.417. The molecule has 0 aromatic carbocycles. The first kappa shape index (κ1) is 10.2. The molecule has 0 aliphatic rings. The summed E-state index contributed by atoms with van der Waals surface area (Å²) in [5.74, 6) is 0. The summed E-state index contributed by atoms with van der Waals surface area (Å²) in [6.07, 6.45) is 5.75. The number of imidazole rings is 1. The second kappa shape index (κ2) is 3.66. The van der Waals surface area contributed by atoms with Crippen LogP contribution in [0.4, 0.5) is 0 Å². The topological polar surface area (TPSA) is 26.5 Å². The van der Waals surface area contributed by atoms with Crippen LogP contribution in [-0.4, -0.2) is 16.0 Å². The highest BCUT2D eigenvalue weighted by molar-refractivity contribution is 5.42. The van der Waals surface area contributed by atoms with Crippen LogP contribution in [0.5, 0.6) is 0 Å². The highest BCUT2D eigenvalue weighted by Crippen LogP contribution is 2.24. The molecule has 2 aromatic rings. The molecular formula is C12H16N2O. The molecular weight excluding hydrogens is 188 g/mol. The summed E-state index contributed by atoms with van der Waals surface area (Å²) >= 11 is 0. The van der Waals surface area contributed by atoms with Gasteiger partial charge in [0.15, 0.2) is 0 Å². The summed E-state index contributed by atoms with van der Waals surface area (Å²) in [7, 11) is 0. The number of fused-ring (bicyclic) bond motifs is 1. The Labute approximate surface area is 89.7 Å². The minimum atomic E-state index is -0.248. The maximum atomic E-state index is 5.70. The van der Waals surface area contributed by atoms with Crippen molar-refractivity contribution < 1.29 is 4.74 Å². The second-order valence-electron chi connectivity index (χ2n) is 4.05. The molecule has 0 radical (unpaired) electrons. The van der Waals surface area contributed by atoms with E-state index < -0.39 is 0 Å². The first-order valence-electron chi connectivity index (χ1n) is 5.20. The highest BCUT2D eigenvalue weighted by Gasteiger charge is 2.20. The van der Waals surface area contributed by atoms with Crippen LogP contribution in [0, 0.1) is 0 Å². The summed E-state index contributed by atoms with van der Waals surface area (Å²) in [5, 5.41) is 0. The Bertz CT molecular complexity index is 459. The van der Waals surface area contributed by atoms with Gasteiger partial charge in [0, 0.05) is 25.2 Å². The van der Waals surface area contributed by atoms with E-state index in [1.165, 1.54) is 0 Å². The second-order valence-corrected chi connectivity index (χ2v) is 4.05. The van der Waals surface area contributed by atoms with Gasteiger partial charge < -0.3 is 9.14 Å². The summed E-state index contributed by atoms with van der Waals surface area (Å²) in [5.41, 5.74) is 1.87. The van der Waals surface area contributed by atoms with Crippen LogP contribution in [0.25, 0.3) is 5.65 Å². The minimum absolute atomic E-state index is 0.248. The molecule has 0 aliphatic heterocycles. The molecule has 80 valence electrons. The summed E-state index contributed by atoms with van der Waals surface area (Å²) < 4.78 is 7.70. The van der Waals surface area contributed by atoms with E-state index in [1.54, 1.807) is 6.20 Å². The molecule has 0 atom stereocenters. The minimum Gasteiger partial charge on any atom is -0.371 e. The van der Waals surface area contributed by atoms with E-state index in [-0.39, 0.29) is 5.60 Å². The highest BCUT2D eigenvalue weighted by atomic mass is 16.5. The van der Waals surface area contributed by atoms with Crippen LogP contribution < -0.4 is 0 Å². The summed E-state index contributed by atoms with van der Waals surface area (Å²) in [4.78, 5) is 4.26. The van der Waals surface area contributed by atoms with Crippen molar-refractivity contribution in [3.05, 3.63) is 36.3 Å². The van der Waals surface area contributed by atoms with Gasteiger partial charge in [0.1, 0.15) is 5.65 Å². The van der Waals surface area contributed by atoms with E-state index in [2.05, 4.69) is 31.0 Å². The van der Waals surface area contributed by atoms with Gasteiger partial charge in [-0.1, -0.05) is 0 Å². The fourth-order valence-electron chi connectivity index (χ4n) is 1.73. The Morgan fingerprint density at radius 2 is 2.20 bits per heavy atom. The van der Waals surface area contributed by atoms with Crippen LogP contribution >= 0.6 is 0 Å². The molecule has 2 aromatic heterocycles. The maximum Gasteiger partial charge on any atom is 0.137 e. The van der Waals surface area contributed by atoms with Crippen molar-refractivity contribution in [1.29, 1.82) is 0 Å². The molecule has 0 fully saturated rings. The van der Waals surface area contributed by atoms with Crippen molar-refractivity contribution >= 4 is 5.65 Å². The van der Waals surface area contributed by atoms with Gasteiger partial charge in [-0.3, -0.25) is 0 Å². The molecule has 0 spiro atoms. The normalized spacial score (nSPS) is 12.2. The first-order valence-corrected chi connectivity index (χ1v) is 5.20. The number of hydrogen-bond donors (Lipinski definition) is 0. The van der Waals surface area contributed by atoms with E-state index in [4.69, 9.17) is 4.74 Å². The van der Waals surface area contributed by atoms with Gasteiger partial charge in [-0.05, 0) is 38.5 Å². The van der Waals surface area contributed by atoms with Gasteiger partial charge in [0.05, 0.1) is 5.60 Å². The van der Waals surface area contributed by atoms with Gasteiger partial charge in [-0.25, -0.2) is 4.98 Å². The SMILES string of the molecule is CCOC(C)(C)c1ccn2ccnc2c1. The number of hydrogen-bond acceptors (Lipinski definition) is 2. The van der Waals surface area contributed by atoms with E-state index in [9.17, 15) is 0 Å². The Morgan fingerprint density at radius 1 is 1.40 bits per heavy atom. The molecule has 2 heterocycles. The van der Waals surface area contributed by atoms with Crippen molar-refractivity contribution in [2.24, 2.45) is 0 Å². The maximum absolute atomic E-state index is 5.70. The van der Waals surface area contributed by atoms with Crippen molar-refractivity contribution in [2.75, 3.05) is 6.61 Å². The predicted octanol–water partition coefficient (Wildman–Crippen LogP) is 2.61. The molecule has 15 heavy (non-hydrogen) atoms. The molecule has 2 rings (SSSR count). The molecule has 0 N–H and O–H groups in total. The van der Waals surface area contributed by atoms with E-state index in [0.717, 1.165) is 11.2 Å². The third-order valence-corrected chi connectivity index (χ3v) is 2.60. The average molecular weight is 204 g/mol. The summed E-state index contributed by atoms with van der Waals surface area (Å²) in [6, 6.07) is 4.14. The van der Waals surface area contributed by atoms with Gasteiger partial charge in [-0.2, -0.15) is 0 Å². The molecule has 0 saturated heterocycles. The molecule has 3 heteroatoms. The van der Waals surface area contributed by atoms with Crippen molar-refractivity contribution in [3.8, 4) is 0 Å². The van der Waals surface area contributed by atoms with E-state index in [1.807, 2.05) is 23.7 Å². The lowest BCUT2D eigenvalue weighted by molar-refractivity contribution is -0.0140. The Hall–Kier alpha value is -1.35. The monoisotopic (exact) mass is 204 g/mol. The predicted molar refractivity (Wildman–Crippen MR) is 59.8 cm³/mol. The number of ether oxygens (including phenoxy) is 1. The Kier molecular flexibility index (Phi) is 2.49. The van der Waals surface area contributed by atoms with Gasteiger partial charge in [-0.15, -0.1) is 0 Å². The Morgan fingerprint density at radius 3 is 2.93 bits per heavy atom. The van der Waals surface area contributed by atoms with Crippen molar-refractivity contribution in [1.82, 2.24) is 9.38 Å². The zero-order valence-corrected chi connectivity index (χ0v) is 9.40. The number of pyridine rings is 1. The van der Waals surface area contributed by atoms with Crippen molar-refractivity contribution in [2.45, 2.75) is 26.4 Å². The van der Waals surface area contributed by atoms with Crippen LogP contribution in [0.15, 0.2) is 30.7 Å². The summed E-state index contributed by atoms with van der Waals surface area (Å²) in [6.45, 7) is 6.87. The molecule has 0 bridgehead atoms. The molecule has 0 unspecified atom stereocenters. The van der Waals surface area contributed by atoms with Crippen LogP contribution in [0.3, 0.4) is 0 Å². The van der Waals surface area contributed by atoms with E-state index in [0.29, 0.717) is 6.61 Å². The number of nitrogens with zero attached hydrogens (tertiary/aromatic N) is 2. The Balaban J connectivity index is 2.42. The molecule has 0 amide bonds. The third kappa shape index (κ3) is 1.88. The van der Waals surface area contributed by atoms with E-state index >= 15 is 0 Å². The molecule has 0 saturated carbocycles. The lowest BCUT2D eigenvalue weighted by atomic mass is 9.99. The molecule has 3 nitrogen and oxygen atoms in total.